The molecular weight excluding hydrogens is 784 g/mol. The molecule has 10 rings (SSSR count). The zero-order valence-electron chi connectivity index (χ0n) is 32.3. The molecule has 10 nitrogen and oxygen atoms in total. The van der Waals surface area contributed by atoms with Gasteiger partial charge in [-0.2, -0.15) is 5.10 Å². The molecular formula is C47H37ClN4O6S. The summed E-state index contributed by atoms with van der Waals surface area (Å²) in [7, 11) is 1.72. The fourth-order valence-electron chi connectivity index (χ4n) is 10.3. The van der Waals surface area contributed by atoms with Crippen LogP contribution >= 0.6 is 22.9 Å². The number of ketones is 1. The van der Waals surface area contributed by atoms with Crippen molar-refractivity contribution in [2.45, 2.75) is 32.6 Å². The fraction of sp³-hybridized carbons (Fsp3) is 0.234. The number of nitrogens with zero attached hydrogens (tertiary/aromatic N) is 4. The molecule has 12 heteroatoms. The highest BCUT2D eigenvalue weighted by atomic mass is 35.5. The van der Waals surface area contributed by atoms with E-state index in [4.69, 9.17) is 16.7 Å². The van der Waals surface area contributed by atoms with Crippen LogP contribution in [0.2, 0.25) is 5.02 Å². The standard InChI is InChI=1S/C47H37ClN4O6S/c1-24-33-21-28(48)13-20-37(33)59-42(24)36-23-38(50(3)49-36)52-44(56)35-22-34-31(40(47(35,2)46(52)58)25-11-16-30(53)17-12-25)18-19-32-39(34)45(57)51(43(32)55)29-14-9-27(10-15-29)41(54)26-7-5-4-6-8-26/h4-18,20-21,23,32,34-35,39-40,53H,19,22H2,1-3H3/t32-,34+,35-,39-,40-,47+/m0/s1. The lowest BCUT2D eigenvalue weighted by molar-refractivity contribution is -0.131. The molecule has 3 fully saturated rings. The summed E-state index contributed by atoms with van der Waals surface area (Å²) >= 11 is 7.89. The Balaban J connectivity index is 1.02. The van der Waals surface area contributed by atoms with Crippen molar-refractivity contribution in [3.05, 3.63) is 142 Å². The van der Waals surface area contributed by atoms with Crippen molar-refractivity contribution in [2.24, 2.45) is 36.1 Å². The number of anilines is 2. The van der Waals surface area contributed by atoms with Crippen LogP contribution in [-0.2, 0) is 26.2 Å². The third kappa shape index (κ3) is 5.44. The summed E-state index contributed by atoms with van der Waals surface area (Å²) in [4.78, 5) is 75.4. The van der Waals surface area contributed by atoms with Crippen LogP contribution in [0.4, 0.5) is 11.5 Å². The number of hydrogen-bond donors (Lipinski definition) is 1. The Bertz CT molecular complexity index is 2830. The summed E-state index contributed by atoms with van der Waals surface area (Å²) in [5.74, 6) is -4.62. The SMILES string of the molecule is Cc1c(-c2cc(N3C(=O)[C@@H]4C[C@@H]5C(=CC[C@@H]6C(=O)N(c7ccc(C(=O)c8ccccc8)cc7)C(=O)[C@@H]65)[C@H](c5ccc(O)cc5)[C@]4(C)C3=O)n(C)n2)sc2ccc(Cl)cc12. The number of phenolic OH excluding ortho intramolecular Hbond substituents is 1. The van der Waals surface area contributed by atoms with E-state index in [0.717, 1.165) is 31.7 Å². The van der Waals surface area contributed by atoms with E-state index >= 15 is 4.79 Å². The Labute approximate surface area is 348 Å². The summed E-state index contributed by atoms with van der Waals surface area (Å²) in [6.07, 6.45) is 2.48. The van der Waals surface area contributed by atoms with Crippen LogP contribution in [0.25, 0.3) is 20.7 Å². The normalized spacial score (nSPS) is 25.0. The summed E-state index contributed by atoms with van der Waals surface area (Å²) in [6, 6.07) is 29.6. The van der Waals surface area contributed by atoms with Gasteiger partial charge in [-0.3, -0.25) is 33.6 Å². The molecule has 4 amide bonds. The Kier molecular flexibility index (Phi) is 8.45. The van der Waals surface area contributed by atoms with Gasteiger partial charge in [0.2, 0.25) is 23.6 Å². The lowest BCUT2D eigenvalue weighted by Crippen LogP contribution is -2.48. The molecule has 1 saturated carbocycles. The number of aryl methyl sites for hydroxylation is 2. The number of halogens is 1. The molecule has 2 saturated heterocycles. The number of phenols is 1. The van der Waals surface area contributed by atoms with Gasteiger partial charge in [-0.15, -0.1) is 11.3 Å². The largest absolute Gasteiger partial charge is 0.508 e. The Hall–Kier alpha value is -6.17. The fourth-order valence-corrected chi connectivity index (χ4v) is 11.6. The maximum Gasteiger partial charge on any atom is 0.242 e. The highest BCUT2D eigenvalue weighted by Gasteiger charge is 2.68. The number of amides is 4. The van der Waals surface area contributed by atoms with Gasteiger partial charge in [-0.05, 0) is 104 Å². The van der Waals surface area contributed by atoms with Crippen LogP contribution in [0, 0.1) is 36.0 Å². The molecule has 59 heavy (non-hydrogen) atoms. The van der Waals surface area contributed by atoms with Crippen molar-refractivity contribution in [1.82, 2.24) is 9.78 Å². The number of carbonyl (C=O) groups is 5. The minimum atomic E-state index is -1.26. The molecule has 2 aromatic heterocycles. The minimum Gasteiger partial charge on any atom is -0.508 e. The average molecular weight is 821 g/mol. The lowest BCUT2D eigenvalue weighted by atomic mass is 9.51. The topological polar surface area (TPSA) is 130 Å². The van der Waals surface area contributed by atoms with E-state index < -0.39 is 35.0 Å². The maximum absolute atomic E-state index is 15.1. The van der Waals surface area contributed by atoms with Gasteiger partial charge in [-0.25, -0.2) is 4.90 Å². The van der Waals surface area contributed by atoms with Gasteiger partial charge in [-0.1, -0.05) is 65.7 Å². The second-order valence-corrected chi connectivity index (χ2v) is 17.7. The third-order valence-corrected chi connectivity index (χ3v) is 14.7. The summed E-state index contributed by atoms with van der Waals surface area (Å²) in [6.45, 7) is 3.84. The van der Waals surface area contributed by atoms with Crippen molar-refractivity contribution in [1.29, 1.82) is 0 Å². The molecule has 0 bridgehead atoms. The first kappa shape index (κ1) is 37.1. The molecule has 4 aromatic carbocycles. The number of hydrogen-bond acceptors (Lipinski definition) is 8. The van der Waals surface area contributed by atoms with E-state index in [0.29, 0.717) is 33.3 Å². The highest BCUT2D eigenvalue weighted by Crippen LogP contribution is 2.64. The molecule has 2 aliphatic heterocycles. The van der Waals surface area contributed by atoms with Crippen LogP contribution in [0.15, 0.2) is 115 Å². The predicted octanol–water partition coefficient (Wildman–Crippen LogP) is 8.64. The van der Waals surface area contributed by atoms with Crippen LogP contribution in [0.3, 0.4) is 0 Å². The van der Waals surface area contributed by atoms with Crippen molar-refractivity contribution >= 4 is 73.9 Å². The number of thiophene rings is 1. The smallest absolute Gasteiger partial charge is 0.242 e. The van der Waals surface area contributed by atoms with Gasteiger partial charge in [0.1, 0.15) is 17.3 Å². The van der Waals surface area contributed by atoms with E-state index in [1.165, 1.54) is 9.80 Å². The predicted molar refractivity (Wildman–Crippen MR) is 225 cm³/mol. The molecule has 6 atom stereocenters. The van der Waals surface area contributed by atoms with E-state index in [2.05, 4.69) is 0 Å². The number of carbonyl (C=O) groups excluding carboxylic acids is 5. The summed E-state index contributed by atoms with van der Waals surface area (Å²) in [5.41, 5.74) is 3.27. The highest BCUT2D eigenvalue weighted by molar-refractivity contribution is 7.22. The van der Waals surface area contributed by atoms with Crippen molar-refractivity contribution in [3.63, 3.8) is 0 Å². The molecule has 6 aromatic rings. The molecule has 294 valence electrons. The van der Waals surface area contributed by atoms with Gasteiger partial charge >= 0.3 is 0 Å². The first-order chi connectivity index (χ1) is 28.4. The van der Waals surface area contributed by atoms with Gasteiger partial charge in [0.05, 0.1) is 33.7 Å². The summed E-state index contributed by atoms with van der Waals surface area (Å²) in [5, 5.41) is 16.7. The van der Waals surface area contributed by atoms with Crippen LogP contribution in [0.5, 0.6) is 5.75 Å². The van der Waals surface area contributed by atoms with Gasteiger partial charge < -0.3 is 5.11 Å². The number of benzene rings is 4. The van der Waals surface area contributed by atoms with Crippen molar-refractivity contribution < 1.29 is 29.1 Å². The quantitative estimate of drug-likeness (QED) is 0.101. The molecule has 0 spiro atoms. The molecule has 0 unspecified atom stereocenters. The van der Waals surface area contributed by atoms with Crippen LogP contribution in [-0.4, -0.2) is 44.3 Å². The van der Waals surface area contributed by atoms with E-state index in [9.17, 15) is 24.3 Å². The van der Waals surface area contributed by atoms with Crippen molar-refractivity contribution in [2.75, 3.05) is 9.80 Å². The summed E-state index contributed by atoms with van der Waals surface area (Å²) < 4.78 is 2.61. The zero-order valence-corrected chi connectivity index (χ0v) is 33.8. The number of aromatic nitrogens is 2. The number of rotatable bonds is 6. The Morgan fingerprint density at radius 1 is 0.847 bits per heavy atom. The van der Waals surface area contributed by atoms with Gasteiger partial charge in [0.25, 0.3) is 0 Å². The van der Waals surface area contributed by atoms with Crippen LogP contribution in [0.1, 0.15) is 52.7 Å². The monoisotopic (exact) mass is 820 g/mol. The Morgan fingerprint density at radius 3 is 2.29 bits per heavy atom. The van der Waals surface area contributed by atoms with E-state index in [-0.39, 0.29) is 48.0 Å². The minimum absolute atomic E-state index is 0.0564. The number of aromatic hydroxyl groups is 1. The molecule has 0 radical (unpaired) electrons. The number of imide groups is 2. The van der Waals surface area contributed by atoms with E-state index in [1.807, 2.05) is 44.2 Å². The molecule has 2 aliphatic carbocycles. The number of fused-ring (bicyclic) bond motifs is 5. The average Bonchev–Trinajstić information content (AvgIpc) is 3.91. The maximum atomic E-state index is 15.1. The van der Waals surface area contributed by atoms with Crippen molar-refractivity contribution in [3.8, 4) is 16.3 Å². The number of allylic oxidation sites excluding steroid dienone is 2. The zero-order chi connectivity index (χ0) is 41.1. The molecule has 1 N–H and O–H groups in total. The van der Waals surface area contributed by atoms with E-state index in [1.54, 1.807) is 102 Å². The Morgan fingerprint density at radius 2 is 1.56 bits per heavy atom. The first-order valence-electron chi connectivity index (χ1n) is 19.5. The van der Waals surface area contributed by atoms with Gasteiger partial charge in [0.15, 0.2) is 5.78 Å². The molecule has 4 heterocycles. The lowest BCUT2D eigenvalue weighted by Gasteiger charge is -2.49. The first-order valence-corrected chi connectivity index (χ1v) is 20.7. The second kappa shape index (κ2) is 13.4. The van der Waals surface area contributed by atoms with Crippen LogP contribution < -0.4 is 9.80 Å². The second-order valence-electron chi connectivity index (χ2n) is 16.2. The third-order valence-electron chi connectivity index (χ3n) is 13.1. The van der Waals surface area contributed by atoms with Gasteiger partial charge in [0, 0.05) is 39.9 Å². The molecule has 4 aliphatic rings.